The fourth-order valence-corrected chi connectivity index (χ4v) is 3.18. The SMILES string of the molecule is Cc1ccc(Nc2nc(N)nc(COC(=O)CSc3nc4ccccc4o3)n2)cc1. The number of nitrogens with two attached hydrogens (primary N) is 1. The van der Waals surface area contributed by atoms with Gasteiger partial charge in [-0.2, -0.15) is 15.0 Å². The number of esters is 1. The quantitative estimate of drug-likeness (QED) is 0.337. The second-order valence-electron chi connectivity index (χ2n) is 6.32. The number of hydrogen-bond acceptors (Lipinski definition) is 10. The number of thioether (sulfide) groups is 1. The monoisotopic (exact) mass is 422 g/mol. The van der Waals surface area contributed by atoms with Crippen molar-refractivity contribution < 1.29 is 13.9 Å². The summed E-state index contributed by atoms with van der Waals surface area (Å²) in [6.45, 7) is 1.88. The lowest BCUT2D eigenvalue weighted by Crippen LogP contribution is -2.12. The molecule has 0 fully saturated rings. The van der Waals surface area contributed by atoms with Gasteiger partial charge < -0.3 is 20.2 Å². The Hall–Kier alpha value is -3.66. The first kappa shape index (κ1) is 19.6. The van der Waals surface area contributed by atoms with E-state index in [1.807, 2.05) is 55.5 Å². The van der Waals surface area contributed by atoms with Crippen LogP contribution in [0.1, 0.15) is 11.4 Å². The number of carbonyl (C=O) groups is 1. The third kappa shape index (κ3) is 5.03. The maximum atomic E-state index is 12.1. The summed E-state index contributed by atoms with van der Waals surface area (Å²) in [6.07, 6.45) is 0. The predicted molar refractivity (Wildman–Crippen MR) is 113 cm³/mol. The van der Waals surface area contributed by atoms with Crippen molar-refractivity contribution in [3.8, 4) is 0 Å². The number of rotatable bonds is 7. The molecular formula is C20H18N6O3S. The molecule has 0 atom stereocenters. The van der Waals surface area contributed by atoms with Gasteiger partial charge in [-0.25, -0.2) is 4.98 Å². The van der Waals surface area contributed by atoms with Gasteiger partial charge >= 0.3 is 5.97 Å². The van der Waals surface area contributed by atoms with Crippen molar-refractivity contribution in [1.82, 2.24) is 19.9 Å². The molecule has 0 saturated carbocycles. The minimum Gasteiger partial charge on any atom is -0.457 e. The molecule has 0 aliphatic rings. The molecule has 0 unspecified atom stereocenters. The van der Waals surface area contributed by atoms with Crippen molar-refractivity contribution in [1.29, 1.82) is 0 Å². The second-order valence-corrected chi connectivity index (χ2v) is 7.25. The van der Waals surface area contributed by atoms with Crippen LogP contribution in [0.2, 0.25) is 0 Å². The van der Waals surface area contributed by atoms with Crippen molar-refractivity contribution in [2.24, 2.45) is 0 Å². The molecular weight excluding hydrogens is 404 g/mol. The van der Waals surface area contributed by atoms with Crippen molar-refractivity contribution >= 4 is 46.4 Å². The average molecular weight is 422 g/mol. The molecule has 2 aromatic carbocycles. The minimum atomic E-state index is -0.450. The number of oxazole rings is 1. The van der Waals surface area contributed by atoms with Gasteiger partial charge in [0.1, 0.15) is 11.3 Å². The molecule has 9 nitrogen and oxygen atoms in total. The Morgan fingerprint density at radius 3 is 2.70 bits per heavy atom. The number of para-hydroxylation sites is 2. The van der Waals surface area contributed by atoms with E-state index in [0.717, 1.165) is 28.5 Å². The Kier molecular flexibility index (Phi) is 5.75. The standard InChI is InChI=1S/C20H18N6O3S/c1-12-6-8-13(9-7-12)22-19-25-16(24-18(21)26-19)10-28-17(27)11-30-20-23-14-4-2-3-5-15(14)29-20/h2-9H,10-11H2,1H3,(H3,21,22,24,25,26). The maximum absolute atomic E-state index is 12.1. The molecule has 4 aromatic rings. The van der Waals surface area contributed by atoms with Crippen LogP contribution in [-0.2, 0) is 16.1 Å². The number of aryl methyl sites for hydroxylation is 1. The van der Waals surface area contributed by atoms with Crippen LogP contribution in [0.5, 0.6) is 0 Å². The van der Waals surface area contributed by atoms with Crippen LogP contribution in [0, 0.1) is 6.92 Å². The van der Waals surface area contributed by atoms with Gasteiger partial charge in [0.25, 0.3) is 5.22 Å². The number of anilines is 3. The third-order valence-corrected chi connectivity index (χ3v) is 4.76. The summed E-state index contributed by atoms with van der Waals surface area (Å²) in [5.41, 5.74) is 9.10. The van der Waals surface area contributed by atoms with Crippen LogP contribution >= 0.6 is 11.8 Å². The molecule has 30 heavy (non-hydrogen) atoms. The first-order valence-electron chi connectivity index (χ1n) is 9.03. The van der Waals surface area contributed by atoms with E-state index < -0.39 is 5.97 Å². The first-order chi connectivity index (χ1) is 14.5. The number of nitrogen functional groups attached to an aromatic ring is 1. The van der Waals surface area contributed by atoms with E-state index in [1.165, 1.54) is 0 Å². The highest BCUT2D eigenvalue weighted by atomic mass is 32.2. The van der Waals surface area contributed by atoms with Crippen LogP contribution in [0.25, 0.3) is 11.1 Å². The maximum Gasteiger partial charge on any atom is 0.316 e. The van der Waals surface area contributed by atoms with Crippen molar-refractivity contribution in [2.45, 2.75) is 18.8 Å². The highest BCUT2D eigenvalue weighted by Crippen LogP contribution is 2.23. The number of hydrogen-bond donors (Lipinski definition) is 2. The number of aromatic nitrogens is 4. The van der Waals surface area contributed by atoms with Crippen LogP contribution in [0.3, 0.4) is 0 Å². The average Bonchev–Trinajstić information content (AvgIpc) is 3.15. The molecule has 10 heteroatoms. The summed E-state index contributed by atoms with van der Waals surface area (Å²) in [6, 6.07) is 15.1. The van der Waals surface area contributed by atoms with Gasteiger partial charge in [0.05, 0.1) is 0 Å². The van der Waals surface area contributed by atoms with Crippen molar-refractivity contribution in [3.05, 3.63) is 59.9 Å². The smallest absolute Gasteiger partial charge is 0.316 e. The second kappa shape index (κ2) is 8.78. The largest absolute Gasteiger partial charge is 0.457 e. The molecule has 0 aliphatic carbocycles. The number of benzene rings is 2. The van der Waals surface area contributed by atoms with Crippen molar-refractivity contribution in [2.75, 3.05) is 16.8 Å². The molecule has 2 heterocycles. The number of nitrogens with one attached hydrogen (secondary N) is 1. The van der Waals surface area contributed by atoms with Gasteiger partial charge in [0.15, 0.2) is 18.0 Å². The van der Waals surface area contributed by atoms with Gasteiger partial charge in [-0.1, -0.05) is 41.6 Å². The van der Waals surface area contributed by atoms with Crippen LogP contribution in [0.15, 0.2) is 58.2 Å². The summed E-state index contributed by atoms with van der Waals surface area (Å²) >= 11 is 1.16. The molecule has 0 bridgehead atoms. The first-order valence-corrected chi connectivity index (χ1v) is 10.0. The number of nitrogens with zero attached hydrogens (tertiary/aromatic N) is 4. The summed E-state index contributed by atoms with van der Waals surface area (Å²) in [5.74, 6) is 0.151. The Morgan fingerprint density at radius 1 is 1.10 bits per heavy atom. The van der Waals surface area contributed by atoms with Crippen LogP contribution in [0.4, 0.5) is 17.6 Å². The van der Waals surface area contributed by atoms with Gasteiger partial charge in [0, 0.05) is 5.69 Å². The summed E-state index contributed by atoms with van der Waals surface area (Å²) < 4.78 is 10.8. The molecule has 3 N–H and O–H groups in total. The fourth-order valence-electron chi connectivity index (χ4n) is 2.54. The lowest BCUT2D eigenvalue weighted by atomic mass is 10.2. The van der Waals surface area contributed by atoms with Gasteiger partial charge in [-0.3, -0.25) is 4.79 Å². The van der Waals surface area contributed by atoms with E-state index in [9.17, 15) is 4.79 Å². The zero-order valence-corrected chi connectivity index (χ0v) is 16.8. The number of ether oxygens (including phenoxy) is 1. The topological polar surface area (TPSA) is 129 Å². The Labute approximate surface area is 176 Å². The summed E-state index contributed by atoms with van der Waals surface area (Å²) in [4.78, 5) is 28.7. The van der Waals surface area contributed by atoms with Gasteiger partial charge in [-0.15, -0.1) is 0 Å². The minimum absolute atomic E-state index is 0.0338. The lowest BCUT2D eigenvalue weighted by Gasteiger charge is -2.08. The van der Waals surface area contributed by atoms with E-state index in [0.29, 0.717) is 10.8 Å². The Bertz CT molecular complexity index is 1150. The molecule has 0 radical (unpaired) electrons. The van der Waals surface area contributed by atoms with Crippen LogP contribution in [-0.4, -0.2) is 31.7 Å². The summed E-state index contributed by atoms with van der Waals surface area (Å²) in [7, 11) is 0. The molecule has 0 amide bonds. The number of carbonyl (C=O) groups excluding carboxylic acids is 1. The van der Waals surface area contributed by atoms with Gasteiger partial charge in [0.2, 0.25) is 11.9 Å². The van der Waals surface area contributed by atoms with Crippen molar-refractivity contribution in [3.63, 3.8) is 0 Å². The molecule has 152 valence electrons. The fraction of sp³-hybridized carbons (Fsp3) is 0.150. The predicted octanol–water partition coefficient (Wildman–Crippen LogP) is 3.48. The van der Waals surface area contributed by atoms with Crippen LogP contribution < -0.4 is 11.1 Å². The number of fused-ring (bicyclic) bond motifs is 1. The Morgan fingerprint density at radius 2 is 1.90 bits per heavy atom. The van der Waals surface area contributed by atoms with E-state index in [-0.39, 0.29) is 30.1 Å². The zero-order chi connectivity index (χ0) is 20.9. The highest BCUT2D eigenvalue weighted by Gasteiger charge is 2.12. The van der Waals surface area contributed by atoms with E-state index >= 15 is 0 Å². The molecule has 4 rings (SSSR count). The van der Waals surface area contributed by atoms with E-state index in [4.69, 9.17) is 14.9 Å². The molecule has 0 spiro atoms. The third-order valence-electron chi connectivity index (χ3n) is 3.96. The summed E-state index contributed by atoms with van der Waals surface area (Å²) in [5, 5.41) is 3.46. The molecule has 0 aliphatic heterocycles. The Balaban J connectivity index is 1.32. The zero-order valence-electron chi connectivity index (χ0n) is 16.0. The molecule has 0 saturated heterocycles. The lowest BCUT2D eigenvalue weighted by molar-refractivity contribution is -0.141. The van der Waals surface area contributed by atoms with Gasteiger partial charge in [-0.05, 0) is 31.2 Å². The highest BCUT2D eigenvalue weighted by molar-refractivity contribution is 7.99. The van der Waals surface area contributed by atoms with E-state index in [1.54, 1.807) is 0 Å². The molecule has 2 aromatic heterocycles. The van der Waals surface area contributed by atoms with E-state index in [2.05, 4.69) is 25.3 Å². The normalized spacial score (nSPS) is 10.8.